The fourth-order valence-corrected chi connectivity index (χ4v) is 6.52. The number of carbonyl (C=O) groups excluding carboxylic acids is 3. The van der Waals surface area contributed by atoms with E-state index >= 15 is 0 Å². The summed E-state index contributed by atoms with van der Waals surface area (Å²) in [5.41, 5.74) is -0.435. The van der Waals surface area contributed by atoms with Crippen LogP contribution in [0, 0.1) is 17.3 Å². The van der Waals surface area contributed by atoms with Crippen LogP contribution in [0.3, 0.4) is 0 Å². The van der Waals surface area contributed by atoms with Crippen molar-refractivity contribution < 1.29 is 18.8 Å². The Balaban J connectivity index is 2.27. The van der Waals surface area contributed by atoms with Crippen molar-refractivity contribution in [1.29, 1.82) is 0 Å². The summed E-state index contributed by atoms with van der Waals surface area (Å²) < 4.78 is 6.43. The molecule has 0 saturated carbocycles. The van der Waals surface area contributed by atoms with Crippen LogP contribution >= 0.6 is 11.8 Å². The molecule has 1 saturated heterocycles. The first-order valence-corrected chi connectivity index (χ1v) is 14.9. The van der Waals surface area contributed by atoms with Gasteiger partial charge in [0.2, 0.25) is 14.9 Å². The Morgan fingerprint density at radius 1 is 1.15 bits per heavy atom. The molecular formula is C25H39N2O4SSi. The van der Waals surface area contributed by atoms with Crippen molar-refractivity contribution in [3.63, 3.8) is 0 Å². The first-order valence-electron chi connectivity index (χ1n) is 11.7. The molecule has 4 atom stereocenters. The first kappa shape index (κ1) is 27.6. The van der Waals surface area contributed by atoms with Gasteiger partial charge in [0, 0.05) is 23.9 Å². The van der Waals surface area contributed by atoms with Crippen molar-refractivity contribution >= 4 is 37.7 Å². The summed E-state index contributed by atoms with van der Waals surface area (Å²) in [5.74, 6) is -0.983. The average Bonchev–Trinajstić information content (AvgIpc) is 2.71. The number of amides is 2. The van der Waals surface area contributed by atoms with E-state index in [1.165, 1.54) is 0 Å². The molecule has 8 heteroatoms. The van der Waals surface area contributed by atoms with Gasteiger partial charge in [-0.1, -0.05) is 51.6 Å². The molecule has 1 aromatic carbocycles. The molecule has 1 fully saturated rings. The van der Waals surface area contributed by atoms with Gasteiger partial charge in [-0.25, -0.2) is 0 Å². The van der Waals surface area contributed by atoms with Gasteiger partial charge >= 0.3 is 0 Å². The van der Waals surface area contributed by atoms with Gasteiger partial charge in [0.05, 0.1) is 23.1 Å². The van der Waals surface area contributed by atoms with Crippen LogP contribution in [-0.2, 0) is 14.0 Å². The smallest absolute Gasteiger partial charge is 0.254 e. The zero-order chi connectivity index (χ0) is 25.1. The average molecular weight is 492 g/mol. The Morgan fingerprint density at radius 3 is 2.21 bits per heavy atom. The second-order valence-corrected chi connectivity index (χ2v) is 13.1. The standard InChI is InChI=1S/C25H39N2O4SSi/c1-10-27(11-2)22(29)17-14-12-13-15-18(17)32-23(30)16(3)20-19(21(28)26-20)25(7,24(4,5)6)31-33(8)9/h12-16,19-20H,10-11H2,1-9H3,(H,26,28)/t16?,19-,20-,25?/m1/s1. The quantitative estimate of drug-likeness (QED) is 0.310. The lowest BCUT2D eigenvalue weighted by Gasteiger charge is -2.55. The molecule has 6 nitrogen and oxygen atoms in total. The topological polar surface area (TPSA) is 75.7 Å². The third-order valence-electron chi connectivity index (χ3n) is 6.74. The Labute approximate surface area is 204 Å². The molecule has 183 valence electrons. The minimum Gasteiger partial charge on any atom is -0.411 e. The maximum Gasteiger partial charge on any atom is 0.254 e. The Kier molecular flexibility index (Phi) is 8.98. The number of carbonyl (C=O) groups is 3. The lowest BCUT2D eigenvalue weighted by Crippen LogP contribution is -2.72. The predicted octanol–water partition coefficient (Wildman–Crippen LogP) is 4.61. The van der Waals surface area contributed by atoms with Crippen molar-refractivity contribution in [1.82, 2.24) is 10.2 Å². The largest absolute Gasteiger partial charge is 0.411 e. The molecule has 2 amide bonds. The molecule has 2 unspecified atom stereocenters. The van der Waals surface area contributed by atoms with Gasteiger partial charge in [-0.15, -0.1) is 0 Å². The van der Waals surface area contributed by atoms with Crippen molar-refractivity contribution in [2.75, 3.05) is 13.1 Å². The highest BCUT2D eigenvalue weighted by Crippen LogP contribution is 2.46. The molecule has 1 radical (unpaired) electrons. The monoisotopic (exact) mass is 491 g/mol. The van der Waals surface area contributed by atoms with Crippen molar-refractivity contribution in [2.45, 2.75) is 78.1 Å². The van der Waals surface area contributed by atoms with E-state index in [0.717, 1.165) is 11.8 Å². The summed E-state index contributed by atoms with van der Waals surface area (Å²) in [6, 6.07) is 6.93. The highest BCUT2D eigenvalue weighted by atomic mass is 32.2. The number of hydrogen-bond acceptors (Lipinski definition) is 5. The molecule has 33 heavy (non-hydrogen) atoms. The maximum absolute atomic E-state index is 13.3. The Bertz CT molecular complexity index is 881. The van der Waals surface area contributed by atoms with E-state index in [0.29, 0.717) is 23.5 Å². The SMILES string of the molecule is CCN(CC)C(=O)c1ccccc1SC(=O)C(C)[C@H]1NC(=O)[C@@H]1C(C)(O[Si](C)C)C(C)(C)C. The molecule has 2 rings (SSSR count). The normalized spacial score (nSPS) is 21.1. The Hall–Kier alpha value is -1.64. The number of nitrogens with one attached hydrogen (secondary N) is 1. The lowest BCUT2D eigenvalue weighted by molar-refractivity contribution is -0.162. The molecule has 0 bridgehead atoms. The van der Waals surface area contributed by atoms with E-state index in [-0.39, 0.29) is 28.4 Å². The highest BCUT2D eigenvalue weighted by Gasteiger charge is 2.59. The van der Waals surface area contributed by atoms with E-state index in [9.17, 15) is 14.4 Å². The van der Waals surface area contributed by atoms with Crippen LogP contribution in [0.15, 0.2) is 29.2 Å². The predicted molar refractivity (Wildman–Crippen MR) is 136 cm³/mol. The molecule has 0 aliphatic carbocycles. The van der Waals surface area contributed by atoms with Crippen LogP contribution in [-0.4, -0.2) is 55.6 Å². The summed E-state index contributed by atoms with van der Waals surface area (Å²) >= 11 is 1.09. The summed E-state index contributed by atoms with van der Waals surface area (Å²) in [7, 11) is -1.07. The van der Waals surface area contributed by atoms with Gasteiger partial charge in [0.25, 0.3) is 5.91 Å². The van der Waals surface area contributed by atoms with E-state index in [1.54, 1.807) is 11.0 Å². The van der Waals surface area contributed by atoms with Crippen LogP contribution in [0.2, 0.25) is 13.1 Å². The molecule has 1 heterocycles. The van der Waals surface area contributed by atoms with E-state index in [2.05, 4.69) is 39.2 Å². The number of hydrogen-bond donors (Lipinski definition) is 1. The molecule has 1 aromatic rings. The first-order chi connectivity index (χ1) is 15.3. The van der Waals surface area contributed by atoms with Crippen LogP contribution < -0.4 is 5.32 Å². The minimum absolute atomic E-state index is 0.0672. The number of β-lactam (4-membered cyclic amide) rings is 1. The van der Waals surface area contributed by atoms with Crippen molar-refractivity contribution in [3.05, 3.63) is 29.8 Å². The van der Waals surface area contributed by atoms with Crippen LogP contribution in [0.1, 0.15) is 58.8 Å². The van der Waals surface area contributed by atoms with Gasteiger partial charge in [0.15, 0.2) is 5.12 Å². The number of nitrogens with zero attached hydrogens (tertiary/aromatic N) is 1. The van der Waals surface area contributed by atoms with E-state index in [1.807, 2.05) is 45.9 Å². The molecular weight excluding hydrogens is 452 g/mol. The van der Waals surface area contributed by atoms with Crippen molar-refractivity contribution in [2.24, 2.45) is 17.3 Å². The molecule has 0 spiro atoms. The van der Waals surface area contributed by atoms with E-state index in [4.69, 9.17) is 4.43 Å². The lowest BCUT2D eigenvalue weighted by atomic mass is 9.62. The van der Waals surface area contributed by atoms with Crippen molar-refractivity contribution in [3.8, 4) is 0 Å². The molecule has 1 aliphatic heterocycles. The van der Waals surface area contributed by atoms with E-state index < -0.39 is 26.5 Å². The third kappa shape index (κ3) is 5.71. The fourth-order valence-electron chi connectivity index (χ4n) is 4.28. The number of thioether (sulfide) groups is 1. The number of rotatable bonds is 9. The third-order valence-corrected chi connectivity index (χ3v) is 8.72. The highest BCUT2D eigenvalue weighted by molar-refractivity contribution is 8.13. The van der Waals surface area contributed by atoms with Gasteiger partial charge in [0.1, 0.15) is 0 Å². The van der Waals surface area contributed by atoms with Gasteiger partial charge in [-0.05, 0) is 51.4 Å². The summed E-state index contributed by atoms with van der Waals surface area (Å²) in [4.78, 5) is 41.4. The van der Waals surface area contributed by atoms with Gasteiger partial charge < -0.3 is 14.6 Å². The van der Waals surface area contributed by atoms with Gasteiger partial charge in [-0.3, -0.25) is 14.4 Å². The molecule has 0 aromatic heterocycles. The summed E-state index contributed by atoms with van der Waals surface area (Å²) in [6.07, 6.45) is 0. The second kappa shape index (κ2) is 10.7. The number of benzene rings is 1. The van der Waals surface area contributed by atoms with Crippen LogP contribution in [0.25, 0.3) is 0 Å². The molecule has 1 N–H and O–H groups in total. The fraction of sp³-hybridized carbons (Fsp3) is 0.640. The Morgan fingerprint density at radius 2 is 1.73 bits per heavy atom. The van der Waals surface area contributed by atoms with Gasteiger partial charge in [-0.2, -0.15) is 0 Å². The zero-order valence-electron chi connectivity index (χ0n) is 21.4. The van der Waals surface area contributed by atoms with Crippen LogP contribution in [0.5, 0.6) is 0 Å². The minimum atomic E-state index is -1.07. The second-order valence-electron chi connectivity index (χ2n) is 10.1. The molecule has 1 aliphatic rings. The zero-order valence-corrected chi connectivity index (χ0v) is 23.3. The van der Waals surface area contributed by atoms with Crippen LogP contribution in [0.4, 0.5) is 0 Å². The summed E-state index contributed by atoms with van der Waals surface area (Å²) in [6.45, 7) is 19.3. The summed E-state index contributed by atoms with van der Waals surface area (Å²) in [5, 5.41) is 2.90. The maximum atomic E-state index is 13.3.